The van der Waals surface area contributed by atoms with Crippen molar-refractivity contribution in [1.29, 1.82) is 0 Å². The molecule has 0 aromatic heterocycles. The lowest BCUT2D eigenvalue weighted by Gasteiger charge is -2.18. The zero-order valence-electron chi connectivity index (χ0n) is 9.58. The summed E-state index contributed by atoms with van der Waals surface area (Å²) in [6.07, 6.45) is 3.45. The summed E-state index contributed by atoms with van der Waals surface area (Å²) >= 11 is 0. The van der Waals surface area contributed by atoms with Crippen LogP contribution >= 0.6 is 0 Å². The van der Waals surface area contributed by atoms with E-state index in [2.05, 4.69) is 26.1 Å². The Balaban J connectivity index is 1.96. The van der Waals surface area contributed by atoms with Crippen molar-refractivity contribution in [2.75, 3.05) is 19.7 Å². The molecule has 2 unspecified atom stereocenters. The summed E-state index contributed by atoms with van der Waals surface area (Å²) < 4.78 is 11.1. The average molecular weight is 201 g/mol. The third kappa shape index (κ3) is 4.94. The summed E-state index contributed by atoms with van der Waals surface area (Å²) in [4.78, 5) is 0. The van der Waals surface area contributed by atoms with Crippen LogP contribution in [0.4, 0.5) is 0 Å². The Labute approximate surface area is 87.2 Å². The fourth-order valence-electron chi connectivity index (χ4n) is 1.77. The highest BCUT2D eigenvalue weighted by molar-refractivity contribution is 4.68. The predicted molar refractivity (Wildman–Crippen MR) is 57.5 cm³/mol. The first-order chi connectivity index (χ1) is 6.68. The molecule has 0 spiro atoms. The normalized spacial score (nSPS) is 24.4. The zero-order valence-corrected chi connectivity index (χ0v) is 9.58. The van der Waals surface area contributed by atoms with Crippen LogP contribution in [0.1, 0.15) is 33.6 Å². The monoisotopic (exact) mass is 201 g/mol. The second-order valence-corrected chi connectivity index (χ2v) is 4.29. The first-order valence-electron chi connectivity index (χ1n) is 5.66. The van der Waals surface area contributed by atoms with Crippen LogP contribution < -0.4 is 5.32 Å². The Kier molecular flexibility index (Phi) is 5.45. The highest BCUT2D eigenvalue weighted by Gasteiger charge is 2.15. The Hall–Kier alpha value is -0.120. The molecule has 0 saturated carbocycles. The summed E-state index contributed by atoms with van der Waals surface area (Å²) in [5.41, 5.74) is 0. The van der Waals surface area contributed by atoms with Crippen LogP contribution in [-0.4, -0.2) is 38.0 Å². The molecule has 14 heavy (non-hydrogen) atoms. The molecule has 84 valence electrons. The van der Waals surface area contributed by atoms with Gasteiger partial charge in [0.05, 0.1) is 18.3 Å². The molecule has 0 aromatic carbocycles. The average Bonchev–Trinajstić information content (AvgIpc) is 2.55. The summed E-state index contributed by atoms with van der Waals surface area (Å²) in [6.45, 7) is 9.05. The van der Waals surface area contributed by atoms with E-state index < -0.39 is 0 Å². The Bertz CT molecular complexity index is 144. The lowest BCUT2D eigenvalue weighted by Crippen LogP contribution is -2.33. The Morgan fingerprint density at radius 3 is 2.79 bits per heavy atom. The summed E-state index contributed by atoms with van der Waals surface area (Å²) in [6, 6.07) is 0. The van der Waals surface area contributed by atoms with E-state index in [0.29, 0.717) is 12.2 Å². The quantitative estimate of drug-likeness (QED) is 0.707. The zero-order chi connectivity index (χ0) is 10.4. The largest absolute Gasteiger partial charge is 0.377 e. The number of nitrogens with one attached hydrogen (secondary N) is 1. The van der Waals surface area contributed by atoms with Crippen molar-refractivity contribution in [3.63, 3.8) is 0 Å². The summed E-state index contributed by atoms with van der Waals surface area (Å²) in [5, 5.41) is 3.38. The van der Waals surface area contributed by atoms with Gasteiger partial charge in [-0.25, -0.2) is 0 Å². The second kappa shape index (κ2) is 6.38. The van der Waals surface area contributed by atoms with E-state index in [1.807, 2.05) is 0 Å². The van der Waals surface area contributed by atoms with Crippen LogP contribution in [0, 0.1) is 0 Å². The van der Waals surface area contributed by atoms with Crippen LogP contribution in [0.2, 0.25) is 0 Å². The standard InChI is InChI=1S/C11H23NO2/c1-9(2)14-10(3)7-12-8-11-5-4-6-13-11/h9-12H,4-8H2,1-3H3. The molecule has 1 rings (SSSR count). The molecule has 1 N–H and O–H groups in total. The van der Waals surface area contributed by atoms with Crippen LogP contribution in [0.15, 0.2) is 0 Å². The molecule has 0 amide bonds. The third-order valence-corrected chi connectivity index (χ3v) is 2.33. The van der Waals surface area contributed by atoms with Crippen molar-refractivity contribution in [3.8, 4) is 0 Å². The highest BCUT2D eigenvalue weighted by atomic mass is 16.5. The van der Waals surface area contributed by atoms with Crippen molar-refractivity contribution >= 4 is 0 Å². The number of rotatable bonds is 6. The predicted octanol–water partition coefficient (Wildman–Crippen LogP) is 1.57. The molecule has 3 nitrogen and oxygen atoms in total. The van der Waals surface area contributed by atoms with E-state index in [4.69, 9.17) is 9.47 Å². The van der Waals surface area contributed by atoms with Crippen LogP contribution in [0.5, 0.6) is 0 Å². The first-order valence-corrected chi connectivity index (χ1v) is 5.66. The van der Waals surface area contributed by atoms with E-state index >= 15 is 0 Å². The minimum absolute atomic E-state index is 0.288. The summed E-state index contributed by atoms with van der Waals surface area (Å²) in [7, 11) is 0. The maximum Gasteiger partial charge on any atom is 0.0700 e. The highest BCUT2D eigenvalue weighted by Crippen LogP contribution is 2.10. The molecular weight excluding hydrogens is 178 g/mol. The van der Waals surface area contributed by atoms with Gasteiger partial charge < -0.3 is 14.8 Å². The molecule has 0 bridgehead atoms. The van der Waals surface area contributed by atoms with Gasteiger partial charge in [0.15, 0.2) is 0 Å². The number of hydrogen-bond donors (Lipinski definition) is 1. The van der Waals surface area contributed by atoms with Crippen molar-refractivity contribution in [2.45, 2.75) is 51.9 Å². The molecule has 0 aliphatic carbocycles. The molecule has 3 heteroatoms. The van der Waals surface area contributed by atoms with E-state index in [0.717, 1.165) is 19.7 Å². The van der Waals surface area contributed by atoms with Gasteiger partial charge in [0, 0.05) is 19.7 Å². The van der Waals surface area contributed by atoms with E-state index in [1.165, 1.54) is 12.8 Å². The van der Waals surface area contributed by atoms with Crippen LogP contribution in [-0.2, 0) is 9.47 Å². The van der Waals surface area contributed by atoms with Crippen LogP contribution in [0.25, 0.3) is 0 Å². The van der Waals surface area contributed by atoms with Gasteiger partial charge in [-0.2, -0.15) is 0 Å². The van der Waals surface area contributed by atoms with Gasteiger partial charge in [-0.05, 0) is 33.6 Å². The molecule has 0 aromatic rings. The molecule has 1 saturated heterocycles. The number of hydrogen-bond acceptors (Lipinski definition) is 3. The molecule has 0 radical (unpaired) electrons. The molecular formula is C11H23NO2. The molecule has 1 aliphatic heterocycles. The van der Waals surface area contributed by atoms with E-state index in [1.54, 1.807) is 0 Å². The summed E-state index contributed by atoms with van der Waals surface area (Å²) in [5.74, 6) is 0. The Morgan fingerprint density at radius 2 is 2.21 bits per heavy atom. The minimum Gasteiger partial charge on any atom is -0.377 e. The lowest BCUT2D eigenvalue weighted by atomic mass is 10.2. The molecule has 2 atom stereocenters. The van der Waals surface area contributed by atoms with Crippen molar-refractivity contribution in [1.82, 2.24) is 5.32 Å². The van der Waals surface area contributed by atoms with Crippen molar-refractivity contribution in [3.05, 3.63) is 0 Å². The molecule has 1 heterocycles. The maximum absolute atomic E-state index is 5.61. The van der Waals surface area contributed by atoms with Gasteiger partial charge >= 0.3 is 0 Å². The molecule has 1 aliphatic rings. The van der Waals surface area contributed by atoms with Gasteiger partial charge in [-0.1, -0.05) is 0 Å². The fourth-order valence-corrected chi connectivity index (χ4v) is 1.77. The third-order valence-electron chi connectivity index (χ3n) is 2.33. The van der Waals surface area contributed by atoms with Gasteiger partial charge in [-0.15, -0.1) is 0 Å². The minimum atomic E-state index is 0.288. The van der Waals surface area contributed by atoms with Gasteiger partial charge in [0.2, 0.25) is 0 Å². The van der Waals surface area contributed by atoms with Gasteiger partial charge in [0.1, 0.15) is 0 Å². The molecule has 1 fully saturated rings. The van der Waals surface area contributed by atoms with Crippen LogP contribution in [0.3, 0.4) is 0 Å². The smallest absolute Gasteiger partial charge is 0.0700 e. The second-order valence-electron chi connectivity index (χ2n) is 4.29. The van der Waals surface area contributed by atoms with Crippen molar-refractivity contribution < 1.29 is 9.47 Å². The van der Waals surface area contributed by atoms with E-state index in [9.17, 15) is 0 Å². The fraction of sp³-hybridized carbons (Fsp3) is 1.00. The van der Waals surface area contributed by atoms with Gasteiger partial charge in [0.25, 0.3) is 0 Å². The van der Waals surface area contributed by atoms with Crippen molar-refractivity contribution in [2.24, 2.45) is 0 Å². The maximum atomic E-state index is 5.61. The number of ether oxygens (including phenoxy) is 2. The van der Waals surface area contributed by atoms with Gasteiger partial charge in [-0.3, -0.25) is 0 Å². The van der Waals surface area contributed by atoms with E-state index in [-0.39, 0.29) is 6.10 Å². The SMILES string of the molecule is CC(C)OC(C)CNCC1CCCO1. The topological polar surface area (TPSA) is 30.5 Å². The lowest BCUT2D eigenvalue weighted by molar-refractivity contribution is 0.0172. The Morgan fingerprint density at radius 1 is 1.43 bits per heavy atom. The first kappa shape index (κ1) is 12.0.